The second-order valence-electron chi connectivity index (χ2n) is 2.60. The second kappa shape index (κ2) is 4.92. The van der Waals surface area contributed by atoms with Gasteiger partial charge in [-0.25, -0.2) is 0 Å². The number of carbonyl (C=O) groups is 1. The van der Waals surface area contributed by atoms with Crippen LogP contribution in [-0.2, 0) is 0 Å². The molecule has 0 aliphatic rings. The number of hydrogen-bond donors (Lipinski definition) is 0. The highest BCUT2D eigenvalue weighted by molar-refractivity contribution is 9.09. The molecule has 1 aromatic carbocycles. The van der Waals surface area contributed by atoms with Gasteiger partial charge in [0.1, 0.15) is 0 Å². The van der Waals surface area contributed by atoms with Gasteiger partial charge in [-0.2, -0.15) is 0 Å². The summed E-state index contributed by atoms with van der Waals surface area (Å²) in [5.74, 6) is -0.416. The van der Waals surface area contributed by atoms with E-state index in [4.69, 9.17) is 23.2 Å². The molecule has 0 radical (unpaired) electrons. The van der Waals surface area contributed by atoms with E-state index in [0.29, 0.717) is 0 Å². The Morgan fingerprint density at radius 1 is 1.40 bits per heavy atom. The molecule has 0 saturated carbocycles. The minimum Gasteiger partial charge on any atom is -0.293 e. The summed E-state index contributed by atoms with van der Waals surface area (Å²) >= 11 is 14.2. The first-order valence-electron chi connectivity index (χ1n) is 3.70. The summed E-state index contributed by atoms with van der Waals surface area (Å²) in [6.07, 6.45) is 0. The molecule has 0 bridgehead atoms. The van der Waals surface area contributed by atoms with Gasteiger partial charge in [0.25, 0.3) is 5.69 Å². The van der Waals surface area contributed by atoms with Crippen molar-refractivity contribution < 1.29 is 9.72 Å². The third kappa shape index (κ3) is 2.68. The summed E-state index contributed by atoms with van der Waals surface area (Å²) in [7, 11) is 0. The first-order chi connectivity index (χ1) is 6.97. The molecule has 0 aromatic heterocycles. The third-order valence-corrected chi connectivity index (χ3v) is 2.89. The lowest BCUT2D eigenvalue weighted by atomic mass is 10.1. The number of nitro groups is 1. The van der Waals surface area contributed by atoms with Gasteiger partial charge < -0.3 is 0 Å². The number of halogens is 3. The average Bonchev–Trinajstić information content (AvgIpc) is 2.20. The Kier molecular flexibility index (Phi) is 4.07. The molecule has 1 aromatic rings. The molecule has 0 fully saturated rings. The van der Waals surface area contributed by atoms with Crippen LogP contribution in [0.1, 0.15) is 10.4 Å². The monoisotopic (exact) mass is 311 g/mol. The van der Waals surface area contributed by atoms with Gasteiger partial charge in [0, 0.05) is 6.07 Å². The quantitative estimate of drug-likeness (QED) is 0.371. The van der Waals surface area contributed by atoms with Gasteiger partial charge in [0.15, 0.2) is 5.78 Å². The third-order valence-electron chi connectivity index (χ3n) is 1.66. The normalized spacial score (nSPS) is 10.1. The van der Waals surface area contributed by atoms with E-state index in [1.54, 1.807) is 0 Å². The lowest BCUT2D eigenvalue weighted by molar-refractivity contribution is -0.385. The van der Waals surface area contributed by atoms with E-state index in [0.717, 1.165) is 6.07 Å². The largest absolute Gasteiger partial charge is 0.293 e. The molecular weight excluding hydrogens is 309 g/mol. The van der Waals surface area contributed by atoms with Crippen molar-refractivity contribution in [1.29, 1.82) is 0 Å². The Hall–Kier alpha value is -0.650. The van der Waals surface area contributed by atoms with Crippen molar-refractivity contribution in [3.63, 3.8) is 0 Å². The fourth-order valence-corrected chi connectivity index (χ4v) is 1.61. The maximum atomic E-state index is 11.3. The predicted octanol–water partition coefficient (Wildman–Crippen LogP) is 3.48. The van der Waals surface area contributed by atoms with Crippen LogP contribution in [0.2, 0.25) is 10.0 Å². The van der Waals surface area contributed by atoms with E-state index < -0.39 is 10.7 Å². The van der Waals surface area contributed by atoms with Crippen LogP contribution in [0.4, 0.5) is 5.69 Å². The minimum atomic E-state index is -0.669. The fourth-order valence-electron chi connectivity index (χ4n) is 0.983. The van der Waals surface area contributed by atoms with Gasteiger partial charge in [-0.1, -0.05) is 39.1 Å². The molecule has 4 nitrogen and oxygen atoms in total. The predicted molar refractivity (Wildman–Crippen MR) is 61.2 cm³/mol. The van der Waals surface area contributed by atoms with Crippen LogP contribution < -0.4 is 0 Å². The molecule has 1 rings (SSSR count). The van der Waals surface area contributed by atoms with Crippen LogP contribution in [0.3, 0.4) is 0 Å². The van der Waals surface area contributed by atoms with Crippen LogP contribution in [0, 0.1) is 10.1 Å². The number of nitrogens with zero attached hydrogens (tertiary/aromatic N) is 1. The number of Topliss-reactive ketones (excluding diaryl/α,β-unsaturated/α-hetero) is 1. The van der Waals surface area contributed by atoms with Crippen LogP contribution >= 0.6 is 39.1 Å². The van der Waals surface area contributed by atoms with E-state index in [2.05, 4.69) is 15.9 Å². The number of alkyl halides is 1. The molecule has 0 aliphatic heterocycles. The molecule has 0 saturated heterocycles. The zero-order valence-corrected chi connectivity index (χ0v) is 10.3. The van der Waals surface area contributed by atoms with Gasteiger partial charge in [-0.15, -0.1) is 0 Å². The van der Waals surface area contributed by atoms with Gasteiger partial charge >= 0.3 is 0 Å². The van der Waals surface area contributed by atoms with E-state index in [9.17, 15) is 14.9 Å². The lowest BCUT2D eigenvalue weighted by Crippen LogP contribution is -2.05. The number of rotatable bonds is 3. The highest BCUT2D eigenvalue weighted by Crippen LogP contribution is 2.30. The molecule has 0 N–H and O–H groups in total. The fraction of sp³-hybridized carbons (Fsp3) is 0.125. The van der Waals surface area contributed by atoms with Crippen molar-refractivity contribution in [2.75, 3.05) is 5.33 Å². The first kappa shape index (κ1) is 12.4. The SMILES string of the molecule is O=C(CBr)c1cc(Cl)c(Cl)cc1[N+](=O)[O-]. The molecule has 15 heavy (non-hydrogen) atoms. The Balaban J connectivity index is 3.41. The number of benzene rings is 1. The second-order valence-corrected chi connectivity index (χ2v) is 3.97. The Labute approximate surface area is 103 Å². The van der Waals surface area contributed by atoms with E-state index in [-0.39, 0.29) is 26.6 Å². The number of carbonyl (C=O) groups excluding carboxylic acids is 1. The topological polar surface area (TPSA) is 60.2 Å². The summed E-state index contributed by atoms with van der Waals surface area (Å²) < 4.78 is 0. The summed E-state index contributed by atoms with van der Waals surface area (Å²) in [5, 5.41) is 10.8. The summed E-state index contributed by atoms with van der Waals surface area (Å²) in [4.78, 5) is 21.3. The van der Waals surface area contributed by atoms with Gasteiger partial charge in [0.05, 0.1) is 25.9 Å². The lowest BCUT2D eigenvalue weighted by Gasteiger charge is -2.02. The first-order valence-corrected chi connectivity index (χ1v) is 5.57. The smallest absolute Gasteiger partial charge is 0.281 e. The molecule has 7 heteroatoms. The van der Waals surface area contributed by atoms with Crippen LogP contribution in [0.15, 0.2) is 12.1 Å². The van der Waals surface area contributed by atoms with Crippen molar-refractivity contribution >= 4 is 50.6 Å². The van der Waals surface area contributed by atoms with E-state index >= 15 is 0 Å². The highest BCUT2D eigenvalue weighted by Gasteiger charge is 2.21. The van der Waals surface area contributed by atoms with Crippen molar-refractivity contribution in [3.05, 3.63) is 37.9 Å². The maximum Gasteiger partial charge on any atom is 0.281 e. The molecule has 0 spiro atoms. The van der Waals surface area contributed by atoms with Crippen molar-refractivity contribution in [1.82, 2.24) is 0 Å². The van der Waals surface area contributed by atoms with Crippen LogP contribution in [-0.4, -0.2) is 16.0 Å². The molecule has 0 heterocycles. The molecule has 0 atom stereocenters. The number of nitro benzene ring substituents is 1. The number of hydrogen-bond acceptors (Lipinski definition) is 3. The molecule has 0 unspecified atom stereocenters. The van der Waals surface area contributed by atoms with E-state index in [1.165, 1.54) is 6.07 Å². The standard InChI is InChI=1S/C8H4BrCl2NO3/c9-3-8(13)4-1-5(10)6(11)2-7(4)12(14)15/h1-2H,3H2. The molecule has 0 aliphatic carbocycles. The Bertz CT molecular complexity index is 436. The summed E-state index contributed by atoms with van der Waals surface area (Å²) in [5.41, 5.74) is -0.389. The van der Waals surface area contributed by atoms with Gasteiger partial charge in [0.2, 0.25) is 0 Å². The number of ketones is 1. The van der Waals surface area contributed by atoms with Gasteiger partial charge in [-0.3, -0.25) is 14.9 Å². The molecular formula is C8H4BrCl2NO3. The zero-order chi connectivity index (χ0) is 11.6. The minimum absolute atomic E-state index is 0.00813. The zero-order valence-electron chi connectivity index (χ0n) is 7.17. The molecule has 0 amide bonds. The maximum absolute atomic E-state index is 11.3. The Morgan fingerprint density at radius 3 is 2.40 bits per heavy atom. The Morgan fingerprint density at radius 2 is 1.93 bits per heavy atom. The van der Waals surface area contributed by atoms with E-state index in [1.807, 2.05) is 0 Å². The summed E-state index contributed by atoms with van der Waals surface area (Å²) in [6.45, 7) is 0. The molecule has 80 valence electrons. The average molecular weight is 313 g/mol. The van der Waals surface area contributed by atoms with Gasteiger partial charge in [-0.05, 0) is 6.07 Å². The van der Waals surface area contributed by atoms with Crippen LogP contribution in [0.5, 0.6) is 0 Å². The van der Waals surface area contributed by atoms with Crippen LogP contribution in [0.25, 0.3) is 0 Å². The van der Waals surface area contributed by atoms with Crippen molar-refractivity contribution in [2.24, 2.45) is 0 Å². The highest BCUT2D eigenvalue weighted by atomic mass is 79.9. The van der Waals surface area contributed by atoms with Crippen molar-refractivity contribution in [2.45, 2.75) is 0 Å². The van der Waals surface area contributed by atoms with Crippen molar-refractivity contribution in [3.8, 4) is 0 Å². The summed E-state index contributed by atoms with van der Waals surface area (Å²) in [6, 6.07) is 2.27.